The number of aryl methyl sites for hydroxylation is 1. The minimum atomic E-state index is -0.421. The minimum Gasteiger partial charge on any atom is -0.494 e. The third-order valence-electron chi connectivity index (χ3n) is 2.49. The summed E-state index contributed by atoms with van der Waals surface area (Å²) in [4.78, 5) is 0. The fourth-order valence-corrected chi connectivity index (χ4v) is 1.71. The Bertz CT molecular complexity index is 535. The summed E-state index contributed by atoms with van der Waals surface area (Å²) in [5.41, 5.74) is 0.314. The lowest BCUT2D eigenvalue weighted by molar-refractivity contribution is 0.340. The molecule has 1 nitrogen and oxygen atoms in total. The lowest BCUT2D eigenvalue weighted by Crippen LogP contribution is -1.94. The molecule has 0 aliphatic carbocycles. The molecule has 3 heteroatoms. The number of ether oxygens (including phenoxy) is 1. The molecule has 0 bridgehead atoms. The van der Waals surface area contributed by atoms with Crippen LogP contribution >= 0.6 is 0 Å². The maximum atomic E-state index is 13.7. The summed E-state index contributed by atoms with van der Waals surface area (Å²) < 4.78 is 32.6. The quantitative estimate of drug-likeness (QED) is 0.750. The molecular weight excluding hydrogens is 210 g/mol. The van der Waals surface area contributed by atoms with Gasteiger partial charge in [0, 0.05) is 10.8 Å². The minimum absolute atomic E-state index is 0.258. The van der Waals surface area contributed by atoms with Crippen LogP contribution < -0.4 is 4.74 Å². The standard InChI is InChI=1S/C13H12F2O/c1-3-16-9-4-5-10-11(7-9)12(14)6-8(2)13(10)15/h4-7H,3H2,1-2H3. The average molecular weight is 222 g/mol. The highest BCUT2D eigenvalue weighted by Crippen LogP contribution is 2.27. The molecule has 0 atom stereocenters. The second-order valence-electron chi connectivity index (χ2n) is 3.63. The summed E-state index contributed by atoms with van der Waals surface area (Å²) in [5, 5.41) is 0.551. The van der Waals surface area contributed by atoms with Crippen molar-refractivity contribution >= 4 is 10.8 Å². The van der Waals surface area contributed by atoms with Gasteiger partial charge in [0.1, 0.15) is 17.4 Å². The number of hydrogen-bond donors (Lipinski definition) is 0. The molecule has 0 fully saturated rings. The van der Waals surface area contributed by atoms with E-state index in [4.69, 9.17) is 4.74 Å². The second-order valence-corrected chi connectivity index (χ2v) is 3.63. The van der Waals surface area contributed by atoms with Crippen molar-refractivity contribution in [3.05, 3.63) is 41.5 Å². The zero-order valence-electron chi connectivity index (χ0n) is 9.18. The predicted octanol–water partition coefficient (Wildman–Crippen LogP) is 3.83. The molecule has 0 N–H and O–H groups in total. The third kappa shape index (κ3) is 1.73. The molecule has 0 aliphatic rings. The normalized spacial score (nSPS) is 10.8. The van der Waals surface area contributed by atoms with E-state index in [1.165, 1.54) is 12.1 Å². The number of benzene rings is 2. The first kappa shape index (κ1) is 10.9. The first-order valence-electron chi connectivity index (χ1n) is 5.14. The average Bonchev–Trinajstić information content (AvgIpc) is 2.27. The maximum Gasteiger partial charge on any atom is 0.134 e. The van der Waals surface area contributed by atoms with Gasteiger partial charge in [-0.25, -0.2) is 8.78 Å². The molecule has 0 radical (unpaired) electrons. The molecule has 0 unspecified atom stereocenters. The Morgan fingerprint density at radius 2 is 1.88 bits per heavy atom. The molecule has 0 aliphatic heterocycles. The Morgan fingerprint density at radius 1 is 1.12 bits per heavy atom. The van der Waals surface area contributed by atoms with Gasteiger partial charge in [0.05, 0.1) is 6.61 Å². The summed E-state index contributed by atoms with van der Waals surface area (Å²) in [6, 6.07) is 5.92. The zero-order chi connectivity index (χ0) is 11.7. The molecular formula is C13H12F2O. The first-order chi connectivity index (χ1) is 7.63. The fourth-order valence-electron chi connectivity index (χ4n) is 1.71. The van der Waals surface area contributed by atoms with Gasteiger partial charge in [-0.2, -0.15) is 0 Å². The van der Waals surface area contributed by atoms with Gasteiger partial charge in [0.2, 0.25) is 0 Å². The van der Waals surface area contributed by atoms with Gasteiger partial charge in [-0.3, -0.25) is 0 Å². The van der Waals surface area contributed by atoms with Gasteiger partial charge in [-0.1, -0.05) is 0 Å². The molecule has 0 spiro atoms. The number of hydrogen-bond acceptors (Lipinski definition) is 1. The Morgan fingerprint density at radius 3 is 2.56 bits per heavy atom. The van der Waals surface area contributed by atoms with Crippen LogP contribution in [0.5, 0.6) is 5.75 Å². The smallest absolute Gasteiger partial charge is 0.134 e. The first-order valence-corrected chi connectivity index (χ1v) is 5.14. The van der Waals surface area contributed by atoms with E-state index in [1.54, 1.807) is 19.1 Å². The molecule has 0 amide bonds. The van der Waals surface area contributed by atoms with Gasteiger partial charge >= 0.3 is 0 Å². The highest BCUT2D eigenvalue weighted by atomic mass is 19.1. The van der Waals surface area contributed by atoms with E-state index in [9.17, 15) is 8.78 Å². The van der Waals surface area contributed by atoms with Gasteiger partial charge in [-0.05, 0) is 43.7 Å². The van der Waals surface area contributed by atoms with Gasteiger partial charge in [0.15, 0.2) is 0 Å². The molecule has 2 aromatic rings. The topological polar surface area (TPSA) is 9.23 Å². The van der Waals surface area contributed by atoms with E-state index >= 15 is 0 Å². The molecule has 0 heterocycles. The summed E-state index contributed by atoms with van der Waals surface area (Å²) in [7, 11) is 0. The summed E-state index contributed by atoms with van der Waals surface area (Å²) >= 11 is 0. The monoisotopic (exact) mass is 222 g/mol. The zero-order valence-corrected chi connectivity index (χ0v) is 9.18. The molecule has 0 saturated carbocycles. The van der Waals surface area contributed by atoms with Crippen molar-refractivity contribution in [3.63, 3.8) is 0 Å². The Kier molecular flexibility index (Phi) is 2.77. The second kappa shape index (κ2) is 4.08. The summed E-state index contributed by atoms with van der Waals surface area (Å²) in [6.07, 6.45) is 0. The van der Waals surface area contributed by atoms with Crippen molar-refractivity contribution in [2.75, 3.05) is 6.61 Å². The van der Waals surface area contributed by atoms with E-state index in [2.05, 4.69) is 0 Å². The Balaban J connectivity index is 2.69. The van der Waals surface area contributed by atoms with Gasteiger partial charge < -0.3 is 4.74 Å². The lowest BCUT2D eigenvalue weighted by atomic mass is 10.1. The van der Waals surface area contributed by atoms with E-state index in [1.807, 2.05) is 6.92 Å². The predicted molar refractivity (Wildman–Crippen MR) is 59.8 cm³/mol. The maximum absolute atomic E-state index is 13.7. The van der Waals surface area contributed by atoms with Crippen molar-refractivity contribution in [3.8, 4) is 5.75 Å². The van der Waals surface area contributed by atoms with E-state index < -0.39 is 5.82 Å². The third-order valence-corrected chi connectivity index (χ3v) is 2.49. The van der Waals surface area contributed by atoms with Crippen LogP contribution in [0.25, 0.3) is 10.8 Å². The SMILES string of the molecule is CCOc1ccc2c(F)c(C)cc(F)c2c1. The van der Waals surface area contributed by atoms with Crippen LogP contribution in [0.15, 0.2) is 24.3 Å². The molecule has 2 aromatic carbocycles. The summed E-state index contributed by atoms with van der Waals surface area (Å²) in [6.45, 7) is 3.89. The molecule has 16 heavy (non-hydrogen) atoms. The number of halogens is 2. The lowest BCUT2D eigenvalue weighted by Gasteiger charge is -2.07. The van der Waals surface area contributed by atoms with Crippen LogP contribution in [0.3, 0.4) is 0 Å². The van der Waals surface area contributed by atoms with E-state index in [-0.39, 0.29) is 11.2 Å². The summed E-state index contributed by atoms with van der Waals surface area (Å²) in [5.74, 6) is -0.243. The van der Waals surface area contributed by atoms with Crippen LogP contribution in [0.4, 0.5) is 8.78 Å². The van der Waals surface area contributed by atoms with Crippen LogP contribution in [0.2, 0.25) is 0 Å². The molecule has 2 rings (SSSR count). The molecule has 0 saturated heterocycles. The van der Waals surface area contributed by atoms with Crippen LogP contribution in [0, 0.1) is 18.6 Å². The molecule has 84 valence electrons. The van der Waals surface area contributed by atoms with Gasteiger partial charge in [-0.15, -0.1) is 0 Å². The fraction of sp³-hybridized carbons (Fsp3) is 0.231. The van der Waals surface area contributed by atoms with Crippen molar-refractivity contribution in [2.45, 2.75) is 13.8 Å². The molecule has 0 aromatic heterocycles. The Hall–Kier alpha value is -1.64. The van der Waals surface area contributed by atoms with Crippen molar-refractivity contribution in [1.29, 1.82) is 0 Å². The number of fused-ring (bicyclic) bond motifs is 1. The largest absolute Gasteiger partial charge is 0.494 e. The van der Waals surface area contributed by atoms with Crippen LogP contribution in [0.1, 0.15) is 12.5 Å². The number of rotatable bonds is 2. The van der Waals surface area contributed by atoms with Crippen LogP contribution in [-0.2, 0) is 0 Å². The van der Waals surface area contributed by atoms with E-state index in [0.29, 0.717) is 23.3 Å². The Labute approximate surface area is 92.7 Å². The van der Waals surface area contributed by atoms with Crippen molar-refractivity contribution in [1.82, 2.24) is 0 Å². The van der Waals surface area contributed by atoms with Crippen molar-refractivity contribution in [2.24, 2.45) is 0 Å². The highest BCUT2D eigenvalue weighted by Gasteiger charge is 2.10. The highest BCUT2D eigenvalue weighted by molar-refractivity contribution is 5.85. The van der Waals surface area contributed by atoms with Gasteiger partial charge in [0.25, 0.3) is 0 Å². The van der Waals surface area contributed by atoms with Crippen molar-refractivity contribution < 1.29 is 13.5 Å². The van der Waals surface area contributed by atoms with Crippen LogP contribution in [-0.4, -0.2) is 6.61 Å². The van der Waals surface area contributed by atoms with E-state index in [0.717, 1.165) is 0 Å².